The Bertz CT molecular complexity index is 599. The third-order valence-corrected chi connectivity index (χ3v) is 3.11. The lowest BCUT2D eigenvalue weighted by Crippen LogP contribution is -2.30. The van der Waals surface area contributed by atoms with E-state index in [1.165, 1.54) is 4.90 Å². The van der Waals surface area contributed by atoms with E-state index in [1.807, 2.05) is 19.1 Å². The van der Waals surface area contributed by atoms with Crippen LogP contribution in [0.2, 0.25) is 0 Å². The first kappa shape index (κ1) is 14.1. The molecule has 1 heterocycles. The van der Waals surface area contributed by atoms with Gasteiger partial charge in [0.1, 0.15) is 18.1 Å². The Labute approximate surface area is 123 Å². The third kappa shape index (κ3) is 2.98. The number of carbonyl (C=O) groups is 1. The summed E-state index contributed by atoms with van der Waals surface area (Å²) in [5, 5.41) is 3.36. The zero-order valence-electron chi connectivity index (χ0n) is 11.1. The SMILES string of the molecule is C#CCOc1ccc(/C=C2\NC(=S)N(CC)C2=O)cc1. The monoisotopic (exact) mass is 286 g/mol. The Balaban J connectivity index is 2.14. The fourth-order valence-corrected chi connectivity index (χ4v) is 2.13. The second-order valence-electron chi connectivity index (χ2n) is 4.10. The van der Waals surface area contributed by atoms with E-state index in [-0.39, 0.29) is 12.5 Å². The Morgan fingerprint density at radius 3 is 2.70 bits per heavy atom. The Morgan fingerprint density at radius 1 is 1.45 bits per heavy atom. The van der Waals surface area contributed by atoms with E-state index >= 15 is 0 Å². The van der Waals surface area contributed by atoms with E-state index in [1.54, 1.807) is 18.2 Å². The van der Waals surface area contributed by atoms with Crippen LogP contribution in [0.25, 0.3) is 6.08 Å². The third-order valence-electron chi connectivity index (χ3n) is 2.79. The molecule has 1 saturated heterocycles. The highest BCUT2D eigenvalue weighted by Crippen LogP contribution is 2.17. The number of amides is 1. The van der Waals surface area contributed by atoms with Crippen molar-refractivity contribution in [3.05, 3.63) is 35.5 Å². The second-order valence-corrected chi connectivity index (χ2v) is 4.49. The largest absolute Gasteiger partial charge is 0.481 e. The number of benzene rings is 1. The summed E-state index contributed by atoms with van der Waals surface area (Å²) in [5.41, 5.74) is 1.36. The van der Waals surface area contributed by atoms with Crippen molar-refractivity contribution in [3.8, 4) is 18.1 Å². The fourth-order valence-electron chi connectivity index (χ4n) is 1.81. The Kier molecular flexibility index (Phi) is 4.38. The van der Waals surface area contributed by atoms with Gasteiger partial charge in [-0.1, -0.05) is 18.1 Å². The zero-order valence-corrected chi connectivity index (χ0v) is 11.9. The van der Waals surface area contributed by atoms with Gasteiger partial charge in [0, 0.05) is 6.54 Å². The number of nitrogens with zero attached hydrogens (tertiary/aromatic N) is 1. The number of carbonyl (C=O) groups excluding carboxylic acids is 1. The number of ether oxygens (including phenoxy) is 1. The van der Waals surface area contributed by atoms with Gasteiger partial charge in [-0.15, -0.1) is 6.42 Å². The minimum absolute atomic E-state index is 0.106. The quantitative estimate of drug-likeness (QED) is 0.520. The molecular weight excluding hydrogens is 272 g/mol. The molecule has 5 heteroatoms. The summed E-state index contributed by atoms with van der Waals surface area (Å²) in [6, 6.07) is 7.31. The predicted molar refractivity (Wildman–Crippen MR) is 81.9 cm³/mol. The molecule has 1 aromatic carbocycles. The standard InChI is InChI=1S/C15H14N2O2S/c1-3-9-19-12-7-5-11(6-8-12)10-13-14(18)17(4-2)15(20)16-13/h1,5-8,10H,4,9H2,2H3,(H,16,20)/b13-10-. The minimum Gasteiger partial charge on any atom is -0.481 e. The Morgan fingerprint density at radius 2 is 2.15 bits per heavy atom. The van der Waals surface area contributed by atoms with Crippen molar-refractivity contribution in [1.82, 2.24) is 10.2 Å². The van der Waals surface area contributed by atoms with Crippen molar-refractivity contribution < 1.29 is 9.53 Å². The van der Waals surface area contributed by atoms with Gasteiger partial charge in [0.2, 0.25) is 0 Å². The van der Waals surface area contributed by atoms with Gasteiger partial charge >= 0.3 is 0 Å². The summed E-state index contributed by atoms with van der Waals surface area (Å²) in [5.74, 6) is 2.99. The zero-order chi connectivity index (χ0) is 14.5. The van der Waals surface area contributed by atoms with Crippen molar-refractivity contribution in [1.29, 1.82) is 0 Å². The number of hydrogen-bond acceptors (Lipinski definition) is 3. The van der Waals surface area contributed by atoms with Gasteiger partial charge in [-0.05, 0) is 42.9 Å². The average molecular weight is 286 g/mol. The highest BCUT2D eigenvalue weighted by atomic mass is 32.1. The highest BCUT2D eigenvalue weighted by molar-refractivity contribution is 7.80. The van der Waals surface area contributed by atoms with Crippen molar-refractivity contribution >= 4 is 29.3 Å². The molecule has 0 unspecified atom stereocenters. The van der Waals surface area contributed by atoms with Crippen molar-refractivity contribution in [2.75, 3.05) is 13.2 Å². The molecule has 0 radical (unpaired) electrons. The molecule has 4 nitrogen and oxygen atoms in total. The van der Waals surface area contributed by atoms with Crippen molar-refractivity contribution in [3.63, 3.8) is 0 Å². The van der Waals surface area contributed by atoms with Crippen molar-refractivity contribution in [2.45, 2.75) is 6.92 Å². The van der Waals surface area contributed by atoms with Gasteiger partial charge in [0.15, 0.2) is 5.11 Å². The van der Waals surface area contributed by atoms with Crippen molar-refractivity contribution in [2.24, 2.45) is 0 Å². The molecule has 0 bridgehead atoms. The van der Waals surface area contributed by atoms with Crippen LogP contribution in [0.4, 0.5) is 0 Å². The summed E-state index contributed by atoms with van der Waals surface area (Å²) in [7, 11) is 0. The number of terminal acetylenes is 1. The lowest BCUT2D eigenvalue weighted by atomic mass is 10.2. The van der Waals surface area contributed by atoms with Gasteiger partial charge in [-0.2, -0.15) is 0 Å². The van der Waals surface area contributed by atoms with Crippen LogP contribution in [0.15, 0.2) is 30.0 Å². The van der Waals surface area contributed by atoms with E-state index in [4.69, 9.17) is 23.4 Å². The molecule has 0 atom stereocenters. The summed E-state index contributed by atoms with van der Waals surface area (Å²) in [6.45, 7) is 2.67. The fraction of sp³-hybridized carbons (Fsp3) is 0.200. The number of thiocarbonyl (C=S) groups is 1. The average Bonchev–Trinajstić information content (AvgIpc) is 2.72. The van der Waals surface area contributed by atoms with E-state index in [9.17, 15) is 4.79 Å². The number of hydrogen-bond donors (Lipinski definition) is 1. The van der Waals surface area contributed by atoms with Gasteiger partial charge in [-0.3, -0.25) is 9.69 Å². The van der Waals surface area contributed by atoms with Gasteiger partial charge in [0.25, 0.3) is 5.91 Å². The maximum atomic E-state index is 12.0. The second kappa shape index (κ2) is 6.22. The van der Waals surface area contributed by atoms with Gasteiger partial charge in [-0.25, -0.2) is 0 Å². The van der Waals surface area contributed by atoms with Crippen LogP contribution >= 0.6 is 12.2 Å². The summed E-state index contributed by atoms with van der Waals surface area (Å²) in [6.07, 6.45) is 6.88. The molecule has 0 aromatic heterocycles. The lowest BCUT2D eigenvalue weighted by Gasteiger charge is -2.08. The van der Waals surface area contributed by atoms with E-state index in [0.29, 0.717) is 23.1 Å². The molecule has 0 spiro atoms. The number of nitrogens with one attached hydrogen (secondary N) is 1. The smallest absolute Gasteiger partial charge is 0.276 e. The molecular formula is C15H14N2O2S. The normalized spacial score (nSPS) is 16.2. The predicted octanol–water partition coefficient (Wildman–Crippen LogP) is 1.78. The first-order valence-corrected chi connectivity index (χ1v) is 6.57. The van der Waals surface area contributed by atoms with E-state index < -0.39 is 0 Å². The van der Waals surface area contributed by atoms with Crippen LogP contribution in [0.5, 0.6) is 5.75 Å². The molecule has 1 fully saturated rings. The van der Waals surface area contributed by atoms with Crippen LogP contribution in [0.3, 0.4) is 0 Å². The molecule has 1 amide bonds. The molecule has 1 aliphatic heterocycles. The Hall–Kier alpha value is -2.32. The number of rotatable bonds is 4. The topological polar surface area (TPSA) is 41.6 Å². The number of likely N-dealkylation sites (N-methyl/N-ethyl adjacent to an activating group) is 1. The summed E-state index contributed by atoms with van der Waals surface area (Å²) >= 11 is 5.09. The minimum atomic E-state index is -0.106. The molecule has 20 heavy (non-hydrogen) atoms. The molecule has 0 aliphatic carbocycles. The molecule has 102 valence electrons. The lowest BCUT2D eigenvalue weighted by molar-refractivity contribution is -0.122. The van der Waals surface area contributed by atoms with Gasteiger partial charge < -0.3 is 10.1 Å². The molecule has 1 aliphatic rings. The van der Waals surface area contributed by atoms with Crippen LogP contribution < -0.4 is 10.1 Å². The van der Waals surface area contributed by atoms with Crippen LogP contribution in [0, 0.1) is 12.3 Å². The molecule has 2 rings (SSSR count). The van der Waals surface area contributed by atoms with Crippen LogP contribution in [-0.4, -0.2) is 29.1 Å². The molecule has 1 N–H and O–H groups in total. The maximum absolute atomic E-state index is 12.0. The highest BCUT2D eigenvalue weighted by Gasteiger charge is 2.28. The van der Waals surface area contributed by atoms with Gasteiger partial charge in [0.05, 0.1) is 0 Å². The first-order chi connectivity index (χ1) is 9.65. The molecule has 0 saturated carbocycles. The van der Waals surface area contributed by atoms with Crippen LogP contribution in [-0.2, 0) is 4.79 Å². The van der Waals surface area contributed by atoms with Crippen LogP contribution in [0.1, 0.15) is 12.5 Å². The summed E-state index contributed by atoms with van der Waals surface area (Å²) in [4.78, 5) is 13.5. The molecule has 1 aromatic rings. The van der Waals surface area contributed by atoms with E-state index in [0.717, 1.165) is 5.56 Å². The maximum Gasteiger partial charge on any atom is 0.276 e. The first-order valence-electron chi connectivity index (χ1n) is 6.16. The van der Waals surface area contributed by atoms with E-state index in [2.05, 4.69) is 11.2 Å². The summed E-state index contributed by atoms with van der Waals surface area (Å²) < 4.78 is 5.28.